The van der Waals surface area contributed by atoms with Gasteiger partial charge in [0.05, 0.1) is 0 Å². The van der Waals surface area contributed by atoms with E-state index in [9.17, 15) is 0 Å². The number of halogens is 2. The van der Waals surface area contributed by atoms with E-state index in [0.717, 1.165) is 10.0 Å². The molecule has 0 bridgehead atoms. The van der Waals surface area contributed by atoms with Crippen LogP contribution in [0.2, 0.25) is 5.02 Å². The molecule has 0 unspecified atom stereocenters. The zero-order valence-electron chi connectivity index (χ0n) is 9.86. The second-order valence-electron chi connectivity index (χ2n) is 3.77. The summed E-state index contributed by atoms with van der Waals surface area (Å²) in [7, 11) is 0. The third-order valence-electron chi connectivity index (χ3n) is 2.47. The molecule has 0 radical (unpaired) electrons. The first kappa shape index (κ1) is 13.8. The van der Waals surface area contributed by atoms with E-state index < -0.39 is 0 Å². The summed E-state index contributed by atoms with van der Waals surface area (Å²) in [4.78, 5) is 4.04. The predicted octanol–water partition coefficient (Wildman–Crippen LogP) is 3.36. The molecule has 2 aromatic rings. The molecule has 0 atom stereocenters. The van der Waals surface area contributed by atoms with Gasteiger partial charge in [0, 0.05) is 21.8 Å². The molecule has 4 nitrogen and oxygen atoms in total. The summed E-state index contributed by atoms with van der Waals surface area (Å²) in [6.07, 6.45) is 1.51. The summed E-state index contributed by atoms with van der Waals surface area (Å²) in [6, 6.07) is 9.29. The first-order valence-electron chi connectivity index (χ1n) is 5.44. The summed E-state index contributed by atoms with van der Waals surface area (Å²) in [5.74, 6) is 0.156. The lowest BCUT2D eigenvalue weighted by atomic mass is 10.2. The molecule has 0 aliphatic heterocycles. The van der Waals surface area contributed by atoms with E-state index in [1.165, 1.54) is 6.20 Å². The van der Waals surface area contributed by atoms with E-state index in [1.54, 1.807) is 6.07 Å². The fourth-order valence-corrected chi connectivity index (χ4v) is 2.16. The number of aromatic nitrogens is 1. The SMILES string of the molecule is N=C(N)c1ccnc(OCc2ccccc2Br)c1Cl. The van der Waals surface area contributed by atoms with E-state index >= 15 is 0 Å². The normalized spacial score (nSPS) is 10.2. The van der Waals surface area contributed by atoms with E-state index in [1.807, 2.05) is 24.3 Å². The number of nitrogens with one attached hydrogen (secondary N) is 1. The van der Waals surface area contributed by atoms with Crippen LogP contribution in [-0.4, -0.2) is 10.8 Å². The second-order valence-corrected chi connectivity index (χ2v) is 5.00. The van der Waals surface area contributed by atoms with Crippen molar-refractivity contribution in [1.82, 2.24) is 4.98 Å². The average Bonchev–Trinajstić information content (AvgIpc) is 2.39. The molecule has 0 fully saturated rings. The molecule has 2 rings (SSSR count). The van der Waals surface area contributed by atoms with E-state index in [2.05, 4.69) is 20.9 Å². The molecule has 1 aromatic carbocycles. The van der Waals surface area contributed by atoms with Gasteiger partial charge < -0.3 is 10.5 Å². The van der Waals surface area contributed by atoms with Crippen LogP contribution in [0.3, 0.4) is 0 Å². The summed E-state index contributed by atoms with van der Waals surface area (Å²) in [5, 5.41) is 7.66. The third-order valence-corrected chi connectivity index (χ3v) is 3.61. The Bertz CT molecular complexity index is 619. The Morgan fingerprint density at radius 1 is 1.37 bits per heavy atom. The van der Waals surface area contributed by atoms with Gasteiger partial charge >= 0.3 is 0 Å². The number of nitrogen functional groups attached to an aromatic ring is 1. The minimum absolute atomic E-state index is 0.113. The van der Waals surface area contributed by atoms with Crippen LogP contribution in [0.25, 0.3) is 0 Å². The molecule has 1 aromatic heterocycles. The summed E-state index contributed by atoms with van der Waals surface area (Å²) in [6.45, 7) is 0.329. The summed E-state index contributed by atoms with van der Waals surface area (Å²) >= 11 is 9.53. The number of ether oxygens (including phenoxy) is 1. The Morgan fingerprint density at radius 2 is 2.11 bits per heavy atom. The minimum atomic E-state index is -0.113. The van der Waals surface area contributed by atoms with Crippen LogP contribution in [0, 0.1) is 5.41 Å². The highest BCUT2D eigenvalue weighted by molar-refractivity contribution is 9.10. The van der Waals surface area contributed by atoms with Gasteiger partial charge in [0.25, 0.3) is 0 Å². The molecular weight excluding hydrogens is 330 g/mol. The molecule has 19 heavy (non-hydrogen) atoms. The van der Waals surface area contributed by atoms with Crippen LogP contribution in [0.4, 0.5) is 0 Å². The van der Waals surface area contributed by atoms with Crippen LogP contribution >= 0.6 is 27.5 Å². The van der Waals surface area contributed by atoms with E-state index in [4.69, 9.17) is 27.5 Å². The first-order chi connectivity index (χ1) is 9.09. The highest BCUT2D eigenvalue weighted by Crippen LogP contribution is 2.26. The molecule has 0 aliphatic carbocycles. The van der Waals surface area contributed by atoms with Gasteiger partial charge in [0.2, 0.25) is 5.88 Å². The highest BCUT2D eigenvalue weighted by atomic mass is 79.9. The van der Waals surface area contributed by atoms with Crippen molar-refractivity contribution < 1.29 is 4.74 Å². The lowest BCUT2D eigenvalue weighted by Crippen LogP contribution is -2.12. The van der Waals surface area contributed by atoms with Crippen molar-refractivity contribution >= 4 is 33.4 Å². The number of benzene rings is 1. The molecule has 0 amide bonds. The predicted molar refractivity (Wildman–Crippen MR) is 78.7 cm³/mol. The molecule has 0 aliphatic rings. The summed E-state index contributed by atoms with van der Waals surface area (Å²) in [5.41, 5.74) is 6.82. The zero-order chi connectivity index (χ0) is 13.8. The Hall–Kier alpha value is -1.59. The van der Waals surface area contributed by atoms with Gasteiger partial charge in [-0.05, 0) is 12.1 Å². The first-order valence-corrected chi connectivity index (χ1v) is 6.62. The lowest BCUT2D eigenvalue weighted by Gasteiger charge is -2.10. The van der Waals surface area contributed by atoms with Gasteiger partial charge in [-0.1, -0.05) is 45.7 Å². The molecule has 1 heterocycles. The topological polar surface area (TPSA) is 72.0 Å². The number of hydrogen-bond donors (Lipinski definition) is 2. The van der Waals surface area contributed by atoms with Crippen molar-refractivity contribution in [3.63, 3.8) is 0 Å². The maximum Gasteiger partial charge on any atom is 0.233 e. The Balaban J connectivity index is 2.19. The molecule has 0 spiro atoms. The van der Waals surface area contributed by atoms with Gasteiger partial charge in [0.1, 0.15) is 17.5 Å². The Kier molecular flexibility index (Phi) is 4.39. The largest absolute Gasteiger partial charge is 0.472 e. The quantitative estimate of drug-likeness (QED) is 0.662. The standard InChI is InChI=1S/C13H11BrClN3O/c14-10-4-2-1-3-8(10)7-19-13-11(15)9(12(16)17)5-6-18-13/h1-6H,7H2,(H3,16,17). The minimum Gasteiger partial charge on any atom is -0.472 e. The van der Waals surface area contributed by atoms with E-state index in [-0.39, 0.29) is 16.7 Å². The van der Waals surface area contributed by atoms with Gasteiger partial charge in [-0.2, -0.15) is 0 Å². The van der Waals surface area contributed by atoms with Crippen LogP contribution in [-0.2, 0) is 6.61 Å². The number of amidine groups is 1. The zero-order valence-corrected chi connectivity index (χ0v) is 12.2. The average molecular weight is 341 g/mol. The van der Waals surface area contributed by atoms with Crippen LogP contribution in [0.15, 0.2) is 41.0 Å². The number of nitrogens with zero attached hydrogens (tertiary/aromatic N) is 1. The van der Waals surface area contributed by atoms with Crippen LogP contribution in [0.1, 0.15) is 11.1 Å². The highest BCUT2D eigenvalue weighted by Gasteiger charge is 2.11. The van der Waals surface area contributed by atoms with Crippen LogP contribution in [0.5, 0.6) is 5.88 Å². The van der Waals surface area contributed by atoms with Gasteiger partial charge in [-0.25, -0.2) is 4.98 Å². The van der Waals surface area contributed by atoms with Crippen molar-refractivity contribution in [2.75, 3.05) is 0 Å². The Labute approximate surface area is 124 Å². The van der Waals surface area contributed by atoms with Gasteiger partial charge in [-0.15, -0.1) is 0 Å². The summed E-state index contributed by atoms with van der Waals surface area (Å²) < 4.78 is 6.52. The maximum atomic E-state index is 7.41. The van der Waals surface area contributed by atoms with Gasteiger partial charge in [-0.3, -0.25) is 5.41 Å². The Morgan fingerprint density at radius 3 is 2.79 bits per heavy atom. The van der Waals surface area contributed by atoms with Crippen molar-refractivity contribution in [2.45, 2.75) is 6.61 Å². The van der Waals surface area contributed by atoms with Crippen molar-refractivity contribution in [2.24, 2.45) is 5.73 Å². The fraction of sp³-hybridized carbons (Fsp3) is 0.0769. The van der Waals surface area contributed by atoms with Crippen molar-refractivity contribution in [3.8, 4) is 5.88 Å². The van der Waals surface area contributed by atoms with Crippen LogP contribution < -0.4 is 10.5 Å². The van der Waals surface area contributed by atoms with Gasteiger partial charge in [0.15, 0.2) is 0 Å². The lowest BCUT2D eigenvalue weighted by molar-refractivity contribution is 0.293. The molecule has 0 saturated carbocycles. The number of hydrogen-bond acceptors (Lipinski definition) is 3. The fourth-order valence-electron chi connectivity index (χ4n) is 1.49. The smallest absolute Gasteiger partial charge is 0.233 e. The second kappa shape index (κ2) is 6.04. The number of pyridine rings is 1. The third kappa shape index (κ3) is 3.24. The number of nitrogens with two attached hydrogens (primary N) is 1. The van der Waals surface area contributed by atoms with Crippen molar-refractivity contribution in [1.29, 1.82) is 5.41 Å². The van der Waals surface area contributed by atoms with E-state index in [0.29, 0.717) is 12.2 Å². The molecule has 6 heteroatoms. The maximum absolute atomic E-state index is 7.41. The molecule has 3 N–H and O–H groups in total. The molecular formula is C13H11BrClN3O. The molecule has 98 valence electrons. The molecule has 0 saturated heterocycles. The number of rotatable bonds is 4. The monoisotopic (exact) mass is 339 g/mol. The van der Waals surface area contributed by atoms with Crippen molar-refractivity contribution in [3.05, 3.63) is 57.2 Å².